The van der Waals surface area contributed by atoms with E-state index in [1.54, 1.807) is 6.92 Å². The molecule has 120 valence electrons. The highest BCUT2D eigenvalue weighted by Crippen LogP contribution is 2.20. The van der Waals surface area contributed by atoms with Crippen LogP contribution in [0.25, 0.3) is 0 Å². The standard InChI is InChI=1S/C20H24N2O/c1-16(17(2)23)20(13-21)22(14-18-9-5-3-6-10-18)15-19-11-7-4-8-12-19/h3-12,16-17,20,23H,14-15H2,1-2H3/t16-,17-,20-/m0/s1. The van der Waals surface area contributed by atoms with Crippen LogP contribution in [0.4, 0.5) is 0 Å². The third kappa shape index (κ3) is 4.92. The SMILES string of the molecule is C[C@@H]([C@H](C)O)[C@H](C#N)N(Cc1ccccc1)Cc1ccccc1. The number of rotatable bonds is 7. The Morgan fingerprint density at radius 2 is 1.35 bits per heavy atom. The minimum absolute atomic E-state index is 0.118. The van der Waals surface area contributed by atoms with Crippen molar-refractivity contribution in [1.82, 2.24) is 4.90 Å². The van der Waals surface area contributed by atoms with Gasteiger partial charge in [-0.2, -0.15) is 5.26 Å². The summed E-state index contributed by atoms with van der Waals surface area (Å²) in [6.07, 6.45) is -0.520. The van der Waals surface area contributed by atoms with Crippen molar-refractivity contribution >= 4 is 0 Å². The predicted octanol–water partition coefficient (Wildman–Crippen LogP) is 3.60. The molecule has 23 heavy (non-hydrogen) atoms. The first-order chi connectivity index (χ1) is 11.1. The maximum Gasteiger partial charge on any atom is 0.103 e. The maximum absolute atomic E-state index is 9.93. The molecule has 0 heterocycles. The van der Waals surface area contributed by atoms with Crippen LogP contribution in [0, 0.1) is 17.2 Å². The van der Waals surface area contributed by atoms with E-state index in [1.807, 2.05) is 43.3 Å². The molecule has 0 aliphatic rings. The van der Waals surface area contributed by atoms with E-state index in [2.05, 4.69) is 35.2 Å². The topological polar surface area (TPSA) is 47.3 Å². The van der Waals surface area contributed by atoms with Crippen LogP contribution in [0.2, 0.25) is 0 Å². The lowest BCUT2D eigenvalue weighted by Gasteiger charge is -2.32. The third-order valence-electron chi connectivity index (χ3n) is 4.24. The Bertz CT molecular complexity index is 578. The van der Waals surface area contributed by atoms with Gasteiger partial charge in [-0.15, -0.1) is 0 Å². The van der Waals surface area contributed by atoms with Gasteiger partial charge in [0, 0.05) is 19.0 Å². The average Bonchev–Trinajstić information content (AvgIpc) is 2.57. The number of benzene rings is 2. The molecule has 0 aliphatic heterocycles. The fourth-order valence-electron chi connectivity index (χ4n) is 2.68. The van der Waals surface area contributed by atoms with E-state index in [0.717, 1.165) is 0 Å². The van der Waals surface area contributed by atoms with Crippen LogP contribution in [-0.2, 0) is 13.1 Å². The van der Waals surface area contributed by atoms with Crippen molar-refractivity contribution in [3.63, 3.8) is 0 Å². The molecule has 2 aromatic rings. The second-order valence-corrected chi connectivity index (χ2v) is 6.05. The van der Waals surface area contributed by atoms with E-state index in [9.17, 15) is 10.4 Å². The van der Waals surface area contributed by atoms with Gasteiger partial charge in [-0.1, -0.05) is 67.6 Å². The van der Waals surface area contributed by atoms with Crippen molar-refractivity contribution in [2.75, 3.05) is 0 Å². The Balaban J connectivity index is 2.24. The normalized spacial score (nSPS) is 14.9. The van der Waals surface area contributed by atoms with Crippen LogP contribution in [-0.4, -0.2) is 22.2 Å². The molecule has 2 rings (SSSR count). The molecule has 0 bridgehead atoms. The molecule has 0 amide bonds. The zero-order valence-corrected chi connectivity index (χ0v) is 13.8. The molecule has 0 aliphatic carbocycles. The smallest absolute Gasteiger partial charge is 0.103 e. The van der Waals surface area contributed by atoms with Crippen molar-refractivity contribution in [2.45, 2.75) is 39.1 Å². The first kappa shape index (κ1) is 17.2. The van der Waals surface area contributed by atoms with Crippen molar-refractivity contribution in [3.8, 4) is 6.07 Å². The number of nitriles is 1. The lowest BCUT2D eigenvalue weighted by atomic mass is 9.95. The van der Waals surface area contributed by atoms with E-state index in [1.165, 1.54) is 11.1 Å². The molecular formula is C20H24N2O. The molecule has 2 aromatic carbocycles. The predicted molar refractivity (Wildman–Crippen MR) is 92.4 cm³/mol. The summed E-state index contributed by atoms with van der Waals surface area (Å²) < 4.78 is 0. The number of aliphatic hydroxyl groups is 1. The number of nitrogens with zero attached hydrogens (tertiary/aromatic N) is 2. The van der Waals surface area contributed by atoms with E-state index < -0.39 is 6.10 Å². The monoisotopic (exact) mass is 308 g/mol. The van der Waals surface area contributed by atoms with Gasteiger partial charge in [-0.05, 0) is 18.1 Å². The van der Waals surface area contributed by atoms with Crippen molar-refractivity contribution in [3.05, 3.63) is 71.8 Å². The Morgan fingerprint density at radius 1 is 0.913 bits per heavy atom. The summed E-state index contributed by atoms with van der Waals surface area (Å²) in [6, 6.07) is 22.3. The summed E-state index contributed by atoms with van der Waals surface area (Å²) in [5, 5.41) is 19.6. The fraction of sp³-hybridized carbons (Fsp3) is 0.350. The largest absolute Gasteiger partial charge is 0.393 e. The molecule has 0 radical (unpaired) electrons. The molecule has 0 unspecified atom stereocenters. The van der Waals surface area contributed by atoms with Gasteiger partial charge in [-0.3, -0.25) is 4.90 Å². The van der Waals surface area contributed by atoms with Gasteiger partial charge < -0.3 is 5.11 Å². The minimum atomic E-state index is -0.520. The number of aliphatic hydroxyl groups excluding tert-OH is 1. The summed E-state index contributed by atoms with van der Waals surface area (Å²) in [4.78, 5) is 2.14. The van der Waals surface area contributed by atoms with Crippen LogP contribution in [0.1, 0.15) is 25.0 Å². The molecule has 0 aromatic heterocycles. The molecule has 3 nitrogen and oxygen atoms in total. The Kier molecular flexibility index (Phi) is 6.34. The van der Waals surface area contributed by atoms with Crippen LogP contribution in [0.15, 0.2) is 60.7 Å². The number of hydrogen-bond acceptors (Lipinski definition) is 3. The van der Waals surface area contributed by atoms with Gasteiger partial charge in [0.1, 0.15) is 6.04 Å². The van der Waals surface area contributed by atoms with Crippen LogP contribution in [0.5, 0.6) is 0 Å². The van der Waals surface area contributed by atoms with Crippen molar-refractivity contribution in [2.24, 2.45) is 5.92 Å². The van der Waals surface area contributed by atoms with Crippen LogP contribution < -0.4 is 0 Å². The summed E-state index contributed by atoms with van der Waals surface area (Å²) >= 11 is 0. The van der Waals surface area contributed by atoms with Crippen LogP contribution >= 0.6 is 0 Å². The van der Waals surface area contributed by atoms with Gasteiger partial charge >= 0.3 is 0 Å². The zero-order valence-electron chi connectivity index (χ0n) is 13.8. The van der Waals surface area contributed by atoms with E-state index in [-0.39, 0.29) is 12.0 Å². The summed E-state index contributed by atoms with van der Waals surface area (Å²) in [5.74, 6) is -0.118. The lowest BCUT2D eigenvalue weighted by molar-refractivity contribution is 0.0709. The molecule has 3 atom stereocenters. The average molecular weight is 308 g/mol. The van der Waals surface area contributed by atoms with E-state index in [4.69, 9.17) is 0 Å². The van der Waals surface area contributed by atoms with Gasteiger partial charge in [0.2, 0.25) is 0 Å². The molecular weight excluding hydrogens is 284 g/mol. The highest BCUT2D eigenvalue weighted by atomic mass is 16.3. The van der Waals surface area contributed by atoms with Crippen molar-refractivity contribution in [1.29, 1.82) is 5.26 Å². The van der Waals surface area contributed by atoms with E-state index in [0.29, 0.717) is 13.1 Å². The second kappa shape index (κ2) is 8.47. The zero-order chi connectivity index (χ0) is 16.7. The van der Waals surface area contributed by atoms with Gasteiger partial charge in [0.15, 0.2) is 0 Å². The van der Waals surface area contributed by atoms with Crippen molar-refractivity contribution < 1.29 is 5.11 Å². The minimum Gasteiger partial charge on any atom is -0.393 e. The Labute approximate surface area is 138 Å². The molecule has 0 fully saturated rings. The second-order valence-electron chi connectivity index (χ2n) is 6.05. The summed E-state index contributed by atoms with van der Waals surface area (Å²) in [6.45, 7) is 5.05. The van der Waals surface area contributed by atoms with Gasteiger partial charge in [0.05, 0.1) is 12.2 Å². The number of hydrogen-bond donors (Lipinski definition) is 1. The summed E-state index contributed by atoms with van der Waals surface area (Å²) in [5.41, 5.74) is 2.34. The van der Waals surface area contributed by atoms with Crippen LogP contribution in [0.3, 0.4) is 0 Å². The Morgan fingerprint density at radius 3 is 1.70 bits per heavy atom. The molecule has 1 N–H and O–H groups in total. The Hall–Kier alpha value is -2.15. The van der Waals surface area contributed by atoms with Gasteiger partial charge in [-0.25, -0.2) is 0 Å². The quantitative estimate of drug-likeness (QED) is 0.850. The third-order valence-corrected chi connectivity index (χ3v) is 4.24. The summed E-state index contributed by atoms with van der Waals surface area (Å²) in [7, 11) is 0. The first-order valence-corrected chi connectivity index (χ1v) is 8.01. The molecule has 0 saturated carbocycles. The molecule has 0 saturated heterocycles. The maximum atomic E-state index is 9.93. The highest BCUT2D eigenvalue weighted by molar-refractivity contribution is 5.18. The highest BCUT2D eigenvalue weighted by Gasteiger charge is 2.27. The fourth-order valence-corrected chi connectivity index (χ4v) is 2.68. The van der Waals surface area contributed by atoms with E-state index >= 15 is 0 Å². The molecule has 3 heteroatoms. The lowest BCUT2D eigenvalue weighted by Crippen LogP contribution is -2.41. The van der Waals surface area contributed by atoms with Gasteiger partial charge in [0.25, 0.3) is 0 Å². The first-order valence-electron chi connectivity index (χ1n) is 8.01. The molecule has 0 spiro atoms.